The largest absolute Gasteiger partial charge is 0.473 e. The Morgan fingerprint density at radius 1 is 1.55 bits per heavy atom. The van der Waals surface area contributed by atoms with Crippen LogP contribution < -0.4 is 0 Å². The van der Waals surface area contributed by atoms with Crippen molar-refractivity contribution in [2.45, 2.75) is 4.55 Å². The Bertz CT molecular complexity index is 254. The summed E-state index contributed by atoms with van der Waals surface area (Å²) in [5.41, 5.74) is 0.723. The van der Waals surface area contributed by atoms with Crippen LogP contribution in [0, 0.1) is 5.82 Å². The minimum atomic E-state index is -0.308. The van der Waals surface area contributed by atoms with E-state index in [0.717, 1.165) is 10.1 Å². The predicted molar refractivity (Wildman–Crippen MR) is 49.8 cm³/mol. The van der Waals surface area contributed by atoms with E-state index in [-0.39, 0.29) is 24.0 Å². The smallest absolute Gasteiger partial charge is 0.306 e. The molecule has 0 heterocycles. The molecule has 0 spiro atoms. The van der Waals surface area contributed by atoms with Gasteiger partial charge in [-0.15, -0.1) is 4.55 Å². The summed E-state index contributed by atoms with van der Waals surface area (Å²) in [5, 5.41) is 0.608. The van der Waals surface area contributed by atoms with E-state index in [1.165, 1.54) is 6.07 Å². The van der Waals surface area contributed by atoms with Gasteiger partial charge >= 0.3 is 18.2 Å². The maximum atomic E-state index is 12.9. The molecule has 0 saturated heterocycles. The van der Waals surface area contributed by atoms with E-state index in [1.807, 2.05) is 0 Å². The van der Waals surface area contributed by atoms with Gasteiger partial charge in [-0.25, -0.2) is 4.39 Å². The fourth-order valence-corrected chi connectivity index (χ4v) is 2.90. The Kier molecular flexibility index (Phi) is 4.13. The van der Waals surface area contributed by atoms with Crippen molar-refractivity contribution < 1.29 is 4.39 Å². The van der Waals surface area contributed by atoms with Gasteiger partial charge in [0.2, 0.25) is 0 Å². The third-order valence-corrected chi connectivity index (χ3v) is 3.52. The van der Waals surface area contributed by atoms with Gasteiger partial charge in [-0.2, -0.15) is 0 Å². The summed E-state index contributed by atoms with van der Waals surface area (Å²) in [4.78, 5) is 0. The number of halogens is 3. The van der Waals surface area contributed by atoms with Crippen molar-refractivity contribution >= 4 is 42.7 Å². The number of hydrogen-bond donors (Lipinski definition) is 0. The molecule has 0 N–H and O–H groups in total. The average molecular weight is 248 g/mol. The molecule has 0 radical (unpaired) electrons. The Hall–Kier alpha value is 0.686. The van der Waals surface area contributed by atoms with E-state index in [9.17, 15) is 4.39 Å². The first-order valence-corrected chi connectivity index (χ1v) is 8.51. The van der Waals surface area contributed by atoms with Crippen LogP contribution in [0.25, 0.3) is 0 Å². The van der Waals surface area contributed by atoms with Gasteiger partial charge in [-0.05, 0) is 23.8 Å². The summed E-state index contributed by atoms with van der Waals surface area (Å²) in [6.45, 7) is 0. The summed E-state index contributed by atoms with van der Waals surface area (Å²) >= 11 is 8.75. The maximum absolute atomic E-state index is 12.9. The van der Waals surface area contributed by atoms with Gasteiger partial charge in [0.1, 0.15) is 5.82 Å². The van der Waals surface area contributed by atoms with Crippen LogP contribution in [-0.4, -0.2) is 18.2 Å². The lowest BCUT2D eigenvalue weighted by molar-refractivity contribution is 0.617. The van der Waals surface area contributed by atoms with Crippen LogP contribution in [0.3, 0.4) is 0 Å². The van der Waals surface area contributed by atoms with E-state index >= 15 is 0 Å². The molecule has 1 aromatic carbocycles. The molecule has 56 valence electrons. The lowest BCUT2D eigenvalue weighted by atomic mass is 10.2. The van der Waals surface area contributed by atoms with Gasteiger partial charge in [-0.3, -0.25) is 0 Å². The van der Waals surface area contributed by atoms with Gasteiger partial charge in [0.25, 0.3) is 0 Å². The molecule has 0 fully saturated rings. The molecule has 0 aliphatic heterocycles. The third-order valence-electron chi connectivity index (χ3n) is 1.37. The van der Waals surface area contributed by atoms with E-state index in [4.69, 9.17) is 11.6 Å². The molecule has 0 amide bonds. The lowest BCUT2D eigenvalue weighted by Gasteiger charge is -1.99. The van der Waals surface area contributed by atoms with Crippen molar-refractivity contribution in [3.63, 3.8) is 0 Å². The SMILES string of the molecule is Fc1ccc(Cl)cc1[CH2][Mg][Br]. The molecular weight excluding hydrogens is 243 g/mol. The number of benzene rings is 1. The van der Waals surface area contributed by atoms with Gasteiger partial charge in [0.15, 0.2) is 0 Å². The zero-order valence-corrected chi connectivity index (χ0v) is 9.54. The monoisotopic (exact) mass is 246 g/mol. The maximum Gasteiger partial charge on any atom is 0.473 e. The zero-order chi connectivity index (χ0) is 8.27. The third kappa shape index (κ3) is 2.90. The second-order valence-electron chi connectivity index (χ2n) is 2.17. The van der Waals surface area contributed by atoms with Crippen molar-refractivity contribution in [1.82, 2.24) is 0 Å². The van der Waals surface area contributed by atoms with Crippen molar-refractivity contribution in [3.8, 4) is 0 Å². The molecule has 0 saturated carbocycles. The predicted octanol–water partition coefficient (Wildman–Crippen LogP) is 2.99. The quantitative estimate of drug-likeness (QED) is 0.705. The second-order valence-corrected chi connectivity index (χ2v) is 5.87. The summed E-state index contributed by atoms with van der Waals surface area (Å²) in [6, 6.07) is 4.66. The summed E-state index contributed by atoms with van der Waals surface area (Å²) in [7, 11) is 0. The molecule has 0 unspecified atom stereocenters. The van der Waals surface area contributed by atoms with Crippen LogP contribution in [0.15, 0.2) is 18.2 Å². The standard InChI is InChI=1S/C7H5ClF.BrH.Mg/c1-5-4-6(8)2-3-7(5)9;;/h2-4H,1H2;1H;/q;;+1/p-1. The number of hydrogen-bond acceptors (Lipinski definition) is 0. The van der Waals surface area contributed by atoms with E-state index in [2.05, 4.69) is 12.9 Å². The fourth-order valence-electron chi connectivity index (χ4n) is 0.837. The Labute approximate surface area is 85.7 Å². The zero-order valence-electron chi connectivity index (χ0n) is 5.78. The molecule has 0 bridgehead atoms. The molecule has 4 heteroatoms. The van der Waals surface area contributed by atoms with E-state index < -0.39 is 0 Å². The average Bonchev–Trinajstić information content (AvgIpc) is 1.98. The first kappa shape index (κ1) is 9.77. The summed E-state index contributed by atoms with van der Waals surface area (Å²) < 4.78 is 13.7. The van der Waals surface area contributed by atoms with Gasteiger partial charge in [0, 0.05) is 5.02 Å². The minimum Gasteiger partial charge on any atom is -0.306 e. The molecular formula is C7H5BrClFMg. The van der Waals surface area contributed by atoms with E-state index in [1.54, 1.807) is 12.1 Å². The first-order valence-electron chi connectivity index (χ1n) is 3.24. The highest BCUT2D eigenvalue weighted by Crippen LogP contribution is 2.15. The molecule has 0 aromatic heterocycles. The van der Waals surface area contributed by atoms with Crippen LogP contribution in [0.4, 0.5) is 4.39 Å². The molecule has 0 atom stereocenters. The van der Waals surface area contributed by atoms with Crippen LogP contribution in [-0.2, 0) is 4.55 Å². The molecule has 1 rings (SSSR count). The van der Waals surface area contributed by atoms with E-state index in [0.29, 0.717) is 5.02 Å². The Morgan fingerprint density at radius 2 is 2.27 bits per heavy atom. The van der Waals surface area contributed by atoms with Crippen molar-refractivity contribution in [2.24, 2.45) is 0 Å². The van der Waals surface area contributed by atoms with Crippen molar-refractivity contribution in [3.05, 3.63) is 34.6 Å². The van der Waals surface area contributed by atoms with Crippen molar-refractivity contribution in [2.75, 3.05) is 0 Å². The normalized spacial score (nSPS) is 9.36. The number of rotatable bonds is 2. The molecule has 0 nitrogen and oxygen atoms in total. The Morgan fingerprint density at radius 3 is 2.91 bits per heavy atom. The minimum absolute atomic E-state index is 0.152. The van der Waals surface area contributed by atoms with Crippen LogP contribution in [0.2, 0.25) is 5.02 Å². The van der Waals surface area contributed by atoms with Crippen LogP contribution in [0.1, 0.15) is 5.56 Å². The summed E-state index contributed by atoms with van der Waals surface area (Å²) in [5.74, 6) is -0.152. The van der Waals surface area contributed by atoms with Crippen LogP contribution >= 0.6 is 24.5 Å². The molecule has 0 aliphatic rings. The fraction of sp³-hybridized carbons (Fsp3) is 0.143. The van der Waals surface area contributed by atoms with Crippen LogP contribution in [0.5, 0.6) is 0 Å². The highest BCUT2D eigenvalue weighted by molar-refractivity contribution is 9.23. The van der Waals surface area contributed by atoms with Gasteiger partial charge in [-0.1, -0.05) is 11.6 Å². The lowest BCUT2D eigenvalue weighted by Crippen LogP contribution is -1.92. The van der Waals surface area contributed by atoms with Gasteiger partial charge < -0.3 is 12.9 Å². The second kappa shape index (κ2) is 4.65. The highest BCUT2D eigenvalue weighted by Gasteiger charge is 2.02. The Balaban J connectivity index is 2.93. The molecule has 11 heavy (non-hydrogen) atoms. The highest BCUT2D eigenvalue weighted by atomic mass is 79.9. The molecule has 0 aliphatic carbocycles. The van der Waals surface area contributed by atoms with Crippen molar-refractivity contribution in [1.29, 1.82) is 0 Å². The first-order chi connectivity index (χ1) is 5.24. The van der Waals surface area contributed by atoms with Gasteiger partial charge in [0.05, 0.1) is 0 Å². The molecule has 1 aromatic rings. The summed E-state index contributed by atoms with van der Waals surface area (Å²) in [6.07, 6.45) is 0. The topological polar surface area (TPSA) is 0 Å².